The van der Waals surface area contributed by atoms with Crippen molar-refractivity contribution in [3.05, 3.63) is 74.4 Å². The van der Waals surface area contributed by atoms with Gasteiger partial charge in [-0.2, -0.15) is 0 Å². The number of methoxy groups -OCH3 is 1. The molecule has 3 aromatic rings. The van der Waals surface area contributed by atoms with E-state index in [1.165, 1.54) is 15.9 Å². The summed E-state index contributed by atoms with van der Waals surface area (Å²) in [6, 6.07) is 7.45. The second kappa shape index (κ2) is 8.52. The third kappa shape index (κ3) is 3.69. The molecule has 3 rings (SSSR count). The number of hydrogen-bond donors (Lipinski definition) is 1. The van der Waals surface area contributed by atoms with Crippen LogP contribution in [0.3, 0.4) is 0 Å². The Morgan fingerprint density at radius 3 is 2.63 bits per heavy atom. The highest BCUT2D eigenvalue weighted by atomic mass is 32.1. The highest BCUT2D eigenvalue weighted by molar-refractivity contribution is 7.17. The van der Waals surface area contributed by atoms with Gasteiger partial charge in [-0.25, -0.2) is 4.79 Å². The van der Waals surface area contributed by atoms with E-state index in [0.29, 0.717) is 23.2 Å². The topological polar surface area (TPSA) is 65.3 Å². The minimum Gasteiger partial charge on any atom is -0.496 e. The maximum atomic E-state index is 13.6. The van der Waals surface area contributed by atoms with Gasteiger partial charge in [0.2, 0.25) is 0 Å². The summed E-state index contributed by atoms with van der Waals surface area (Å²) in [7, 11) is 1.63. The number of ether oxygens (including phenoxy) is 1. The Hall–Kier alpha value is -2.80. The lowest BCUT2D eigenvalue weighted by Crippen LogP contribution is -2.49. The first-order chi connectivity index (χ1) is 14.3. The maximum Gasteiger partial charge on any atom is 0.332 e. The summed E-state index contributed by atoms with van der Waals surface area (Å²) in [5.74, 6) is 0.728. The third-order valence-corrected chi connectivity index (χ3v) is 6.83. The van der Waals surface area contributed by atoms with Crippen LogP contribution in [-0.4, -0.2) is 16.2 Å². The fourth-order valence-corrected chi connectivity index (χ4v) is 4.72. The van der Waals surface area contributed by atoms with Crippen LogP contribution in [0.1, 0.15) is 44.4 Å². The van der Waals surface area contributed by atoms with E-state index in [1.807, 2.05) is 57.3 Å². The summed E-state index contributed by atoms with van der Waals surface area (Å²) >= 11 is 1.43. The van der Waals surface area contributed by atoms with Crippen LogP contribution in [0.5, 0.6) is 5.75 Å². The Morgan fingerprint density at radius 2 is 2.00 bits per heavy atom. The van der Waals surface area contributed by atoms with E-state index in [2.05, 4.69) is 11.9 Å². The average Bonchev–Trinajstić information content (AvgIpc) is 3.11. The van der Waals surface area contributed by atoms with E-state index in [1.54, 1.807) is 17.9 Å². The molecular formula is C23H29N3O3S. The standard InChI is InChI=1S/C23H29N3O3S/c1-7-23(4,5)26-20(27)19-15(3)14-30-21(19)25(22(26)28)13-17(24-8-2)16-11-9-10-12-18(16)29-6/h8-12,14,17,24H,2,7,13H2,1,3-6H3. The molecule has 7 heteroatoms. The molecule has 2 heterocycles. The summed E-state index contributed by atoms with van der Waals surface area (Å²) in [6.07, 6.45) is 2.28. The second-order valence-electron chi connectivity index (χ2n) is 7.96. The molecule has 0 saturated heterocycles. The van der Waals surface area contributed by atoms with Gasteiger partial charge in [-0.15, -0.1) is 11.3 Å². The molecule has 0 saturated carbocycles. The van der Waals surface area contributed by atoms with Crippen molar-refractivity contribution < 1.29 is 4.74 Å². The Morgan fingerprint density at radius 1 is 1.30 bits per heavy atom. The van der Waals surface area contributed by atoms with Crippen molar-refractivity contribution in [1.82, 2.24) is 14.5 Å². The van der Waals surface area contributed by atoms with Gasteiger partial charge < -0.3 is 10.1 Å². The molecule has 1 aromatic carbocycles. The van der Waals surface area contributed by atoms with Crippen molar-refractivity contribution in [2.24, 2.45) is 0 Å². The van der Waals surface area contributed by atoms with Crippen LogP contribution in [-0.2, 0) is 12.1 Å². The van der Waals surface area contributed by atoms with Crippen LogP contribution in [0.25, 0.3) is 10.2 Å². The molecule has 2 aromatic heterocycles. The number of nitrogens with zero attached hydrogens (tertiary/aromatic N) is 2. The molecule has 6 nitrogen and oxygen atoms in total. The highest BCUT2D eigenvalue weighted by Crippen LogP contribution is 2.29. The Labute approximate surface area is 180 Å². The van der Waals surface area contributed by atoms with Crippen molar-refractivity contribution in [3.63, 3.8) is 0 Å². The smallest absolute Gasteiger partial charge is 0.332 e. The molecule has 0 aliphatic rings. The SMILES string of the molecule is C=CNC(Cn1c(=O)n(C(C)(C)CC)c(=O)c2c(C)csc21)c1ccccc1OC. The number of thiophene rings is 1. The maximum absolute atomic E-state index is 13.6. The van der Waals surface area contributed by atoms with E-state index in [9.17, 15) is 9.59 Å². The number of aryl methyl sites for hydroxylation is 1. The summed E-state index contributed by atoms with van der Waals surface area (Å²) in [4.78, 5) is 27.6. The van der Waals surface area contributed by atoms with E-state index in [-0.39, 0.29) is 17.3 Å². The molecule has 0 bridgehead atoms. The summed E-state index contributed by atoms with van der Waals surface area (Å²) in [5.41, 5.74) is 0.694. The minimum atomic E-state index is -0.593. The predicted molar refractivity (Wildman–Crippen MR) is 124 cm³/mol. The van der Waals surface area contributed by atoms with Crippen molar-refractivity contribution in [2.45, 2.75) is 52.2 Å². The first kappa shape index (κ1) is 21.9. The molecule has 0 fully saturated rings. The fourth-order valence-electron chi connectivity index (χ4n) is 3.67. The van der Waals surface area contributed by atoms with Crippen LogP contribution >= 0.6 is 11.3 Å². The molecular weight excluding hydrogens is 398 g/mol. The zero-order chi connectivity index (χ0) is 22.1. The monoisotopic (exact) mass is 427 g/mol. The Balaban J connectivity index is 2.28. The quantitative estimate of drug-likeness (QED) is 0.586. The van der Waals surface area contributed by atoms with Gasteiger partial charge in [0.15, 0.2) is 0 Å². The molecule has 0 spiro atoms. The lowest BCUT2D eigenvalue weighted by atomic mass is 10.0. The first-order valence-electron chi connectivity index (χ1n) is 10.0. The molecule has 30 heavy (non-hydrogen) atoms. The Kier molecular flexibility index (Phi) is 6.22. The van der Waals surface area contributed by atoms with Gasteiger partial charge in [-0.05, 0) is 50.4 Å². The van der Waals surface area contributed by atoms with Gasteiger partial charge in [-0.3, -0.25) is 13.9 Å². The lowest BCUT2D eigenvalue weighted by Gasteiger charge is -2.27. The Bertz CT molecular complexity index is 1190. The fraction of sp³-hybridized carbons (Fsp3) is 0.391. The molecule has 1 atom stereocenters. The van der Waals surface area contributed by atoms with Crippen molar-refractivity contribution in [3.8, 4) is 5.75 Å². The zero-order valence-electron chi connectivity index (χ0n) is 18.2. The van der Waals surface area contributed by atoms with Crippen LogP contribution in [0, 0.1) is 6.92 Å². The predicted octanol–water partition coefficient (Wildman–Crippen LogP) is 4.16. The molecule has 160 valence electrons. The van der Waals surface area contributed by atoms with Crippen LogP contribution < -0.4 is 21.3 Å². The zero-order valence-corrected chi connectivity index (χ0v) is 19.0. The minimum absolute atomic E-state index is 0.220. The normalized spacial score (nSPS) is 12.7. The number of rotatable bonds is 8. The van der Waals surface area contributed by atoms with Crippen LogP contribution in [0.15, 0.2) is 52.0 Å². The molecule has 1 unspecified atom stereocenters. The molecule has 0 amide bonds. The van der Waals surface area contributed by atoms with E-state index in [4.69, 9.17) is 4.74 Å². The van der Waals surface area contributed by atoms with E-state index in [0.717, 1.165) is 16.9 Å². The molecule has 0 radical (unpaired) electrons. The average molecular weight is 428 g/mol. The summed E-state index contributed by atoms with van der Waals surface area (Å²) in [5, 5.41) is 5.79. The van der Waals surface area contributed by atoms with Crippen LogP contribution in [0.4, 0.5) is 0 Å². The van der Waals surface area contributed by atoms with Crippen molar-refractivity contribution >= 4 is 21.6 Å². The number of benzene rings is 1. The van der Waals surface area contributed by atoms with Gasteiger partial charge >= 0.3 is 5.69 Å². The summed E-state index contributed by atoms with van der Waals surface area (Å²) in [6.45, 7) is 11.9. The number of para-hydroxylation sites is 1. The van der Waals surface area contributed by atoms with E-state index >= 15 is 0 Å². The number of fused-ring (bicyclic) bond motifs is 1. The molecule has 0 aliphatic carbocycles. The number of aromatic nitrogens is 2. The van der Waals surface area contributed by atoms with Gasteiger partial charge in [0.1, 0.15) is 10.6 Å². The first-order valence-corrected chi connectivity index (χ1v) is 10.9. The third-order valence-electron chi connectivity index (χ3n) is 5.71. The van der Waals surface area contributed by atoms with E-state index < -0.39 is 5.54 Å². The lowest BCUT2D eigenvalue weighted by molar-refractivity contribution is 0.309. The summed E-state index contributed by atoms with van der Waals surface area (Å²) < 4.78 is 8.65. The van der Waals surface area contributed by atoms with Gasteiger partial charge in [0.05, 0.1) is 25.1 Å². The largest absolute Gasteiger partial charge is 0.496 e. The molecule has 1 N–H and O–H groups in total. The number of nitrogens with one attached hydrogen (secondary N) is 1. The van der Waals surface area contributed by atoms with Gasteiger partial charge in [0.25, 0.3) is 5.56 Å². The van der Waals surface area contributed by atoms with Crippen molar-refractivity contribution in [1.29, 1.82) is 0 Å². The highest BCUT2D eigenvalue weighted by Gasteiger charge is 2.28. The van der Waals surface area contributed by atoms with Crippen molar-refractivity contribution in [2.75, 3.05) is 7.11 Å². The van der Waals surface area contributed by atoms with Crippen LogP contribution in [0.2, 0.25) is 0 Å². The van der Waals surface area contributed by atoms with Gasteiger partial charge in [0, 0.05) is 11.1 Å². The van der Waals surface area contributed by atoms with Gasteiger partial charge in [-0.1, -0.05) is 31.7 Å². The molecule has 0 aliphatic heterocycles. The second-order valence-corrected chi connectivity index (χ2v) is 8.82. The number of hydrogen-bond acceptors (Lipinski definition) is 5.